The first-order valence-corrected chi connectivity index (χ1v) is 7.90. The Hall–Kier alpha value is -2.07. The van der Waals surface area contributed by atoms with E-state index in [-0.39, 0.29) is 5.88 Å². The molecule has 0 unspecified atom stereocenters. The van der Waals surface area contributed by atoms with E-state index in [0.717, 1.165) is 29.7 Å². The Kier molecular flexibility index (Phi) is 3.26. The van der Waals surface area contributed by atoms with Crippen LogP contribution in [0.1, 0.15) is 42.0 Å². The molecule has 4 nitrogen and oxygen atoms in total. The van der Waals surface area contributed by atoms with Gasteiger partial charge in [0.15, 0.2) is 5.65 Å². The molecule has 1 aliphatic rings. The maximum atomic E-state index is 10.6. The van der Waals surface area contributed by atoms with E-state index < -0.39 is 0 Å². The minimum Gasteiger partial charge on any atom is -0.493 e. The van der Waals surface area contributed by atoms with Crippen molar-refractivity contribution in [1.82, 2.24) is 14.6 Å². The summed E-state index contributed by atoms with van der Waals surface area (Å²) >= 11 is 6.07. The summed E-state index contributed by atoms with van der Waals surface area (Å²) in [6.07, 6.45) is 5.78. The highest BCUT2D eigenvalue weighted by Gasteiger charge is 2.27. The molecule has 0 radical (unpaired) electrons. The van der Waals surface area contributed by atoms with Crippen molar-refractivity contribution in [3.63, 3.8) is 0 Å². The van der Waals surface area contributed by atoms with Crippen LogP contribution in [-0.2, 0) is 6.42 Å². The summed E-state index contributed by atoms with van der Waals surface area (Å²) in [7, 11) is 0. The molecule has 112 valence electrons. The van der Waals surface area contributed by atoms with Crippen LogP contribution in [0.3, 0.4) is 0 Å². The smallest absolute Gasteiger partial charge is 0.219 e. The Morgan fingerprint density at radius 2 is 2.14 bits per heavy atom. The molecule has 0 atom stereocenters. The lowest BCUT2D eigenvalue weighted by molar-refractivity contribution is 0.393. The van der Waals surface area contributed by atoms with Gasteiger partial charge in [-0.25, -0.2) is 4.98 Å². The molecule has 0 saturated heterocycles. The van der Waals surface area contributed by atoms with Crippen molar-refractivity contribution >= 4 is 17.2 Å². The largest absolute Gasteiger partial charge is 0.493 e. The Balaban J connectivity index is 1.84. The number of aromatic nitrogens is 3. The normalized spacial score (nSPS) is 15.1. The zero-order valence-corrected chi connectivity index (χ0v) is 12.8. The second-order valence-electron chi connectivity index (χ2n) is 5.83. The highest BCUT2D eigenvalue weighted by Crippen LogP contribution is 2.40. The second-order valence-corrected chi connectivity index (χ2v) is 6.27. The van der Waals surface area contributed by atoms with Gasteiger partial charge in [0.2, 0.25) is 5.88 Å². The molecule has 0 bridgehead atoms. The highest BCUT2D eigenvalue weighted by molar-refractivity contribution is 6.30. The summed E-state index contributed by atoms with van der Waals surface area (Å²) in [5.74, 6) is 0.636. The molecule has 5 heteroatoms. The SMILES string of the molecule is Oc1c(Cc2cccc(Cl)c2)c(C2CCC2)nc2ccnn12. The van der Waals surface area contributed by atoms with Gasteiger partial charge in [-0.15, -0.1) is 0 Å². The van der Waals surface area contributed by atoms with E-state index >= 15 is 0 Å². The van der Waals surface area contributed by atoms with E-state index in [4.69, 9.17) is 16.6 Å². The summed E-state index contributed by atoms with van der Waals surface area (Å²) in [5.41, 5.74) is 3.64. The first-order chi connectivity index (χ1) is 10.7. The van der Waals surface area contributed by atoms with Crippen LogP contribution in [0.25, 0.3) is 5.65 Å². The molecular weight excluding hydrogens is 298 g/mol. The zero-order valence-electron chi connectivity index (χ0n) is 12.0. The Labute approximate surface area is 133 Å². The third-order valence-corrected chi connectivity index (χ3v) is 4.63. The van der Waals surface area contributed by atoms with Gasteiger partial charge >= 0.3 is 0 Å². The van der Waals surface area contributed by atoms with Crippen molar-refractivity contribution in [2.24, 2.45) is 0 Å². The van der Waals surface area contributed by atoms with Crippen molar-refractivity contribution in [2.75, 3.05) is 0 Å². The van der Waals surface area contributed by atoms with Gasteiger partial charge in [-0.05, 0) is 30.5 Å². The van der Waals surface area contributed by atoms with Crippen molar-refractivity contribution in [3.8, 4) is 5.88 Å². The van der Waals surface area contributed by atoms with Crippen LogP contribution in [0.2, 0.25) is 5.02 Å². The van der Waals surface area contributed by atoms with E-state index in [1.54, 1.807) is 6.20 Å². The van der Waals surface area contributed by atoms with Gasteiger partial charge in [0.25, 0.3) is 0 Å². The van der Waals surface area contributed by atoms with Crippen molar-refractivity contribution in [2.45, 2.75) is 31.6 Å². The average Bonchev–Trinajstić information content (AvgIpc) is 2.90. The van der Waals surface area contributed by atoms with Crippen LogP contribution >= 0.6 is 11.6 Å². The Morgan fingerprint density at radius 1 is 1.27 bits per heavy atom. The number of rotatable bonds is 3. The van der Waals surface area contributed by atoms with Gasteiger partial charge < -0.3 is 5.11 Å². The molecule has 0 amide bonds. The van der Waals surface area contributed by atoms with Crippen LogP contribution in [0, 0.1) is 0 Å². The Morgan fingerprint density at radius 3 is 2.86 bits per heavy atom. The monoisotopic (exact) mass is 313 g/mol. The number of hydrogen-bond donors (Lipinski definition) is 1. The maximum absolute atomic E-state index is 10.6. The van der Waals surface area contributed by atoms with Crippen LogP contribution in [-0.4, -0.2) is 19.7 Å². The molecule has 2 aromatic heterocycles. The van der Waals surface area contributed by atoms with Crippen molar-refractivity contribution in [3.05, 3.63) is 58.4 Å². The number of halogens is 1. The molecule has 1 aliphatic carbocycles. The average molecular weight is 314 g/mol. The van der Waals surface area contributed by atoms with Gasteiger partial charge in [0.1, 0.15) is 0 Å². The number of benzene rings is 1. The van der Waals surface area contributed by atoms with Gasteiger partial charge in [0.05, 0.1) is 11.9 Å². The number of hydrogen-bond acceptors (Lipinski definition) is 3. The van der Waals surface area contributed by atoms with Crippen molar-refractivity contribution in [1.29, 1.82) is 0 Å². The minimum atomic E-state index is 0.192. The molecule has 0 spiro atoms. The van der Waals surface area contributed by atoms with E-state index in [0.29, 0.717) is 23.0 Å². The van der Waals surface area contributed by atoms with Crippen LogP contribution in [0.5, 0.6) is 5.88 Å². The van der Waals surface area contributed by atoms with Crippen LogP contribution < -0.4 is 0 Å². The van der Waals surface area contributed by atoms with Crippen LogP contribution in [0.4, 0.5) is 0 Å². The second kappa shape index (κ2) is 5.29. The van der Waals surface area contributed by atoms with Gasteiger partial charge in [0, 0.05) is 29.0 Å². The molecule has 1 aromatic carbocycles. The van der Waals surface area contributed by atoms with Gasteiger partial charge in [-0.3, -0.25) is 0 Å². The minimum absolute atomic E-state index is 0.192. The number of fused-ring (bicyclic) bond motifs is 1. The fourth-order valence-corrected chi connectivity index (χ4v) is 3.23. The third kappa shape index (κ3) is 2.24. The van der Waals surface area contributed by atoms with E-state index in [9.17, 15) is 5.11 Å². The molecule has 1 saturated carbocycles. The first-order valence-electron chi connectivity index (χ1n) is 7.52. The molecule has 1 N–H and O–H groups in total. The summed E-state index contributed by atoms with van der Waals surface area (Å²) in [6.45, 7) is 0. The molecule has 1 fully saturated rings. The predicted molar refractivity (Wildman–Crippen MR) is 85.5 cm³/mol. The van der Waals surface area contributed by atoms with E-state index in [2.05, 4.69) is 5.10 Å². The number of nitrogens with zero attached hydrogens (tertiary/aromatic N) is 3. The van der Waals surface area contributed by atoms with Gasteiger partial charge in [-0.1, -0.05) is 30.2 Å². The zero-order chi connectivity index (χ0) is 15.1. The van der Waals surface area contributed by atoms with E-state index in [1.807, 2.05) is 30.3 Å². The molecule has 2 heterocycles. The molecular formula is C17H16ClN3O. The summed E-state index contributed by atoms with van der Waals surface area (Å²) in [4.78, 5) is 4.74. The fourth-order valence-electron chi connectivity index (χ4n) is 3.02. The fraction of sp³-hybridized carbons (Fsp3) is 0.294. The van der Waals surface area contributed by atoms with Gasteiger partial charge in [-0.2, -0.15) is 9.61 Å². The summed E-state index contributed by atoms with van der Waals surface area (Å²) in [6, 6.07) is 9.55. The highest BCUT2D eigenvalue weighted by atomic mass is 35.5. The number of aromatic hydroxyl groups is 1. The Bertz CT molecular complexity index is 839. The van der Waals surface area contributed by atoms with Crippen LogP contribution in [0.15, 0.2) is 36.5 Å². The van der Waals surface area contributed by atoms with Crippen molar-refractivity contribution < 1.29 is 5.11 Å². The molecule has 3 aromatic rings. The quantitative estimate of drug-likeness (QED) is 0.796. The summed E-state index contributed by atoms with van der Waals surface area (Å²) in [5, 5.41) is 15.5. The lowest BCUT2D eigenvalue weighted by Gasteiger charge is -2.27. The lowest BCUT2D eigenvalue weighted by atomic mass is 9.80. The molecule has 0 aliphatic heterocycles. The topological polar surface area (TPSA) is 50.4 Å². The predicted octanol–water partition coefficient (Wildman–Crippen LogP) is 3.95. The molecule has 22 heavy (non-hydrogen) atoms. The standard InChI is InChI=1S/C17H16ClN3O/c18-13-6-1-3-11(9-13)10-14-16(12-4-2-5-12)20-15-7-8-19-21(15)17(14)22/h1,3,6-9,12,22H,2,4-5,10H2. The maximum Gasteiger partial charge on any atom is 0.219 e. The molecule has 4 rings (SSSR count). The van der Waals surface area contributed by atoms with E-state index in [1.165, 1.54) is 10.9 Å². The first kappa shape index (κ1) is 13.6. The summed E-state index contributed by atoms with van der Waals surface area (Å²) < 4.78 is 1.50. The third-order valence-electron chi connectivity index (χ3n) is 4.40. The lowest BCUT2D eigenvalue weighted by Crippen LogP contribution is -2.15.